The van der Waals surface area contributed by atoms with Gasteiger partial charge >= 0.3 is 5.69 Å². The number of aromatic amines is 1. The van der Waals surface area contributed by atoms with Gasteiger partial charge in [0.05, 0.1) is 39.2 Å². The molecule has 1 amide bonds. The summed E-state index contributed by atoms with van der Waals surface area (Å²) in [4.78, 5) is 30.7. The van der Waals surface area contributed by atoms with Crippen molar-refractivity contribution in [1.29, 1.82) is 0 Å². The van der Waals surface area contributed by atoms with E-state index < -0.39 is 0 Å². The summed E-state index contributed by atoms with van der Waals surface area (Å²) in [5.41, 5.74) is 5.84. The maximum Gasteiger partial charge on any atom is 0.333 e. The largest absolute Gasteiger partial charge is 0.349 e. The van der Waals surface area contributed by atoms with Crippen molar-refractivity contribution in [2.75, 3.05) is 0 Å². The summed E-state index contributed by atoms with van der Waals surface area (Å²) in [5, 5.41) is 10.5. The van der Waals surface area contributed by atoms with Crippen molar-refractivity contribution in [3.8, 4) is 16.8 Å². The van der Waals surface area contributed by atoms with Crippen LogP contribution < -0.4 is 11.0 Å². The summed E-state index contributed by atoms with van der Waals surface area (Å²) in [7, 11) is 0. The van der Waals surface area contributed by atoms with Crippen LogP contribution in [0.25, 0.3) is 27.8 Å². The zero-order valence-electron chi connectivity index (χ0n) is 21.6. The van der Waals surface area contributed by atoms with Crippen LogP contribution in [0.3, 0.4) is 0 Å². The Labute approximate surface area is 230 Å². The molecule has 0 radical (unpaired) electrons. The number of H-pyrrole nitrogens is 1. The zero-order chi connectivity index (χ0) is 26.9. The van der Waals surface area contributed by atoms with E-state index >= 15 is 0 Å². The number of aromatic nitrogens is 5. The second-order valence-electron chi connectivity index (χ2n) is 10.2. The molecule has 6 rings (SSSR count). The zero-order valence-corrected chi connectivity index (χ0v) is 22.4. The van der Waals surface area contributed by atoms with Crippen molar-refractivity contribution in [3.05, 3.63) is 100.0 Å². The first kappa shape index (κ1) is 25.1. The van der Waals surface area contributed by atoms with Gasteiger partial charge in [0, 0.05) is 30.5 Å². The molecule has 1 aliphatic carbocycles. The fourth-order valence-corrected chi connectivity index (χ4v) is 5.75. The van der Waals surface area contributed by atoms with Crippen LogP contribution in [0.2, 0.25) is 5.02 Å². The third kappa shape index (κ3) is 5.00. The smallest absolute Gasteiger partial charge is 0.333 e. The molecule has 5 aromatic rings. The summed E-state index contributed by atoms with van der Waals surface area (Å²) < 4.78 is 3.70. The van der Waals surface area contributed by atoms with Crippen LogP contribution in [0.1, 0.15) is 41.7 Å². The number of nitrogens with zero attached hydrogens (tertiary/aromatic N) is 4. The third-order valence-electron chi connectivity index (χ3n) is 7.71. The number of amides is 1. The summed E-state index contributed by atoms with van der Waals surface area (Å²) in [6.45, 7) is 2.46. The van der Waals surface area contributed by atoms with Crippen molar-refractivity contribution < 1.29 is 4.79 Å². The average molecular weight is 541 g/mol. The van der Waals surface area contributed by atoms with Crippen molar-refractivity contribution in [2.24, 2.45) is 5.92 Å². The maximum absolute atomic E-state index is 13.7. The van der Waals surface area contributed by atoms with E-state index in [1.54, 1.807) is 23.0 Å². The van der Waals surface area contributed by atoms with Crippen LogP contribution in [-0.4, -0.2) is 36.3 Å². The summed E-state index contributed by atoms with van der Waals surface area (Å²) in [6, 6.07) is 17.7. The number of para-hydroxylation sites is 2. The molecule has 3 heterocycles. The highest BCUT2D eigenvalue weighted by Crippen LogP contribution is 2.28. The molecule has 0 spiro atoms. The molecule has 2 N–H and O–H groups in total. The SMILES string of the molecule is Cc1ncc(Cl)cc1C(=O)NC1CCC(Cn2c(=O)n(-c3ccc(-c4cn[nH]c4)cc3)c3ccccc32)CC1. The van der Waals surface area contributed by atoms with E-state index in [1.165, 1.54) is 0 Å². The molecule has 1 aliphatic rings. The number of aryl methyl sites for hydroxylation is 1. The van der Waals surface area contributed by atoms with Crippen LogP contribution in [-0.2, 0) is 6.54 Å². The summed E-state index contributed by atoms with van der Waals surface area (Å²) in [5.74, 6) is 0.220. The first-order valence-electron chi connectivity index (χ1n) is 13.2. The maximum atomic E-state index is 13.7. The predicted octanol–water partition coefficient (Wildman–Crippen LogP) is 5.53. The van der Waals surface area contributed by atoms with E-state index in [9.17, 15) is 9.59 Å². The van der Waals surface area contributed by atoms with Gasteiger partial charge in [-0.15, -0.1) is 0 Å². The van der Waals surface area contributed by atoms with E-state index in [2.05, 4.69) is 20.5 Å². The topological polar surface area (TPSA) is 97.6 Å². The van der Waals surface area contributed by atoms with Gasteiger partial charge in [-0.25, -0.2) is 4.79 Å². The van der Waals surface area contributed by atoms with Crippen molar-refractivity contribution >= 4 is 28.5 Å². The Morgan fingerprint density at radius 1 is 1.03 bits per heavy atom. The van der Waals surface area contributed by atoms with Gasteiger partial charge in [0.25, 0.3) is 5.91 Å². The lowest BCUT2D eigenvalue weighted by molar-refractivity contribution is 0.0919. The number of rotatable bonds is 6. The first-order chi connectivity index (χ1) is 19.0. The molecule has 1 fully saturated rings. The van der Waals surface area contributed by atoms with E-state index in [1.807, 2.05) is 66.2 Å². The standard InChI is InChI=1S/C30H29ClN6O2/c1-19-26(14-23(31)17-32-19)29(38)35-24-10-6-20(7-11-24)18-36-27-4-2-3-5-28(27)37(30(36)39)25-12-8-21(9-13-25)22-15-33-34-16-22/h2-5,8-9,12-17,20,24H,6-7,10-11,18H2,1H3,(H,33,34)(H,35,38). The van der Waals surface area contributed by atoms with E-state index in [-0.39, 0.29) is 17.6 Å². The molecular weight excluding hydrogens is 512 g/mol. The summed E-state index contributed by atoms with van der Waals surface area (Å²) in [6.07, 6.45) is 8.78. The predicted molar refractivity (Wildman–Crippen MR) is 152 cm³/mol. The first-order valence-corrected chi connectivity index (χ1v) is 13.6. The van der Waals surface area contributed by atoms with E-state index in [0.29, 0.717) is 28.7 Å². The Bertz CT molecular complexity index is 1680. The van der Waals surface area contributed by atoms with Crippen molar-refractivity contribution in [1.82, 2.24) is 29.6 Å². The number of carbonyl (C=O) groups is 1. The number of nitrogens with one attached hydrogen (secondary N) is 2. The molecule has 0 aliphatic heterocycles. The van der Waals surface area contributed by atoms with Crippen LogP contribution in [0.15, 0.2) is 78.0 Å². The number of pyridine rings is 1. The van der Waals surface area contributed by atoms with Gasteiger partial charge in [-0.2, -0.15) is 5.10 Å². The minimum Gasteiger partial charge on any atom is -0.349 e. The molecule has 0 atom stereocenters. The van der Waals surface area contributed by atoms with Crippen LogP contribution in [0.4, 0.5) is 0 Å². The second-order valence-corrected chi connectivity index (χ2v) is 10.7. The quantitative estimate of drug-likeness (QED) is 0.296. The molecule has 0 bridgehead atoms. The normalized spacial score (nSPS) is 17.4. The van der Waals surface area contributed by atoms with E-state index in [4.69, 9.17) is 11.6 Å². The third-order valence-corrected chi connectivity index (χ3v) is 7.92. The molecule has 0 saturated heterocycles. The number of fused-ring (bicyclic) bond motifs is 1. The molecule has 1 saturated carbocycles. The van der Waals surface area contributed by atoms with Gasteiger partial charge in [-0.05, 0) is 74.4 Å². The fourth-order valence-electron chi connectivity index (χ4n) is 5.59. The van der Waals surface area contributed by atoms with Gasteiger partial charge in [0.1, 0.15) is 0 Å². The number of halogens is 1. The molecule has 9 heteroatoms. The fraction of sp³-hybridized carbons (Fsp3) is 0.267. The molecule has 39 heavy (non-hydrogen) atoms. The average Bonchev–Trinajstić information content (AvgIpc) is 3.58. The molecule has 3 aromatic heterocycles. The Balaban J connectivity index is 1.18. The van der Waals surface area contributed by atoms with Crippen molar-refractivity contribution in [3.63, 3.8) is 0 Å². The molecule has 198 valence electrons. The van der Waals surface area contributed by atoms with Crippen LogP contribution >= 0.6 is 11.6 Å². The minimum absolute atomic E-state index is 0.0355. The molecule has 0 unspecified atom stereocenters. The second kappa shape index (κ2) is 10.5. The number of imidazole rings is 1. The Morgan fingerprint density at radius 2 is 1.77 bits per heavy atom. The van der Waals surface area contributed by atoms with Crippen LogP contribution in [0.5, 0.6) is 0 Å². The highest BCUT2D eigenvalue weighted by atomic mass is 35.5. The Morgan fingerprint density at radius 3 is 2.49 bits per heavy atom. The lowest BCUT2D eigenvalue weighted by Gasteiger charge is -2.29. The number of carbonyl (C=O) groups excluding carboxylic acids is 1. The minimum atomic E-state index is -0.135. The molecule has 8 nitrogen and oxygen atoms in total. The lowest BCUT2D eigenvalue weighted by Crippen LogP contribution is -2.39. The van der Waals surface area contributed by atoms with Gasteiger partial charge in [-0.3, -0.25) is 24.0 Å². The Kier molecular flexibility index (Phi) is 6.79. The van der Waals surface area contributed by atoms with Gasteiger partial charge in [0.15, 0.2) is 0 Å². The molecular formula is C30H29ClN6O2. The summed E-state index contributed by atoms with van der Waals surface area (Å²) >= 11 is 6.05. The Hall–Kier alpha value is -4.17. The van der Waals surface area contributed by atoms with Gasteiger partial charge in [-0.1, -0.05) is 35.9 Å². The number of benzene rings is 2. The number of hydrogen-bond donors (Lipinski definition) is 2. The van der Waals surface area contributed by atoms with Crippen LogP contribution in [0, 0.1) is 12.8 Å². The van der Waals surface area contributed by atoms with Gasteiger partial charge in [0.2, 0.25) is 0 Å². The number of hydrogen-bond acceptors (Lipinski definition) is 4. The highest BCUT2D eigenvalue weighted by molar-refractivity contribution is 6.30. The lowest BCUT2D eigenvalue weighted by atomic mass is 9.85. The van der Waals surface area contributed by atoms with Gasteiger partial charge < -0.3 is 5.32 Å². The van der Waals surface area contributed by atoms with E-state index in [0.717, 1.165) is 53.5 Å². The highest BCUT2D eigenvalue weighted by Gasteiger charge is 2.25. The monoisotopic (exact) mass is 540 g/mol. The van der Waals surface area contributed by atoms with Crippen molar-refractivity contribution in [2.45, 2.75) is 45.2 Å². The molecule has 2 aromatic carbocycles.